The molecule has 1 aliphatic rings. The Hall–Kier alpha value is -0.120. The number of rotatable bonds is 1. The molecule has 6 heavy (non-hydrogen) atoms. The Morgan fingerprint density at radius 3 is 2.33 bits per heavy atom. The lowest BCUT2D eigenvalue weighted by atomic mass is 10.8. The summed E-state index contributed by atoms with van der Waals surface area (Å²) in [6, 6.07) is 0. The minimum absolute atomic E-state index is 0.424. The van der Waals surface area contributed by atoms with Crippen LogP contribution in [0.4, 0.5) is 0 Å². The summed E-state index contributed by atoms with van der Waals surface area (Å²) in [4.78, 5) is 9.38. The topological polar surface area (TPSA) is 21.7 Å². The molecular formula is C3H7NO2. The van der Waals surface area contributed by atoms with E-state index in [1.54, 1.807) is 0 Å². The van der Waals surface area contributed by atoms with Gasteiger partial charge in [-0.2, -0.15) is 0 Å². The van der Waals surface area contributed by atoms with Gasteiger partial charge in [0.05, 0.1) is 0 Å². The SMILES string of the molecule is CCN1OCO1. The van der Waals surface area contributed by atoms with E-state index in [0.717, 1.165) is 6.54 Å². The van der Waals surface area contributed by atoms with Crippen molar-refractivity contribution in [3.05, 3.63) is 0 Å². The van der Waals surface area contributed by atoms with Gasteiger partial charge in [0.25, 0.3) is 0 Å². The molecular weight excluding hydrogens is 82.0 g/mol. The van der Waals surface area contributed by atoms with Gasteiger partial charge in [-0.25, -0.2) is 9.68 Å². The van der Waals surface area contributed by atoms with Crippen molar-refractivity contribution < 1.29 is 9.68 Å². The second-order valence-electron chi connectivity index (χ2n) is 1.03. The zero-order valence-electron chi connectivity index (χ0n) is 3.68. The van der Waals surface area contributed by atoms with Crippen LogP contribution in [-0.2, 0) is 9.68 Å². The maximum Gasteiger partial charge on any atom is 0.192 e. The summed E-state index contributed by atoms with van der Waals surface area (Å²) < 4.78 is 0. The van der Waals surface area contributed by atoms with Crippen molar-refractivity contribution in [1.82, 2.24) is 5.23 Å². The fraction of sp³-hybridized carbons (Fsp3) is 1.00. The molecule has 36 valence electrons. The number of nitrogens with zero attached hydrogens (tertiary/aromatic N) is 1. The largest absolute Gasteiger partial charge is 0.244 e. The monoisotopic (exact) mass is 89.0 g/mol. The first-order chi connectivity index (χ1) is 2.93. The molecule has 1 fully saturated rings. The molecule has 1 rings (SSSR count). The summed E-state index contributed by atoms with van der Waals surface area (Å²) in [5.74, 6) is 0. The third kappa shape index (κ3) is 0.518. The van der Waals surface area contributed by atoms with Crippen molar-refractivity contribution in [2.45, 2.75) is 6.92 Å². The fourth-order valence-corrected chi connectivity index (χ4v) is 0.310. The molecule has 0 radical (unpaired) electrons. The van der Waals surface area contributed by atoms with Crippen molar-refractivity contribution in [2.75, 3.05) is 13.3 Å². The lowest BCUT2D eigenvalue weighted by Crippen LogP contribution is -2.36. The minimum atomic E-state index is 0.424. The molecule has 0 aromatic carbocycles. The third-order valence-electron chi connectivity index (χ3n) is 0.652. The normalized spacial score (nSPS) is 23.5. The number of hydrogen-bond donors (Lipinski definition) is 0. The van der Waals surface area contributed by atoms with Crippen LogP contribution in [0.5, 0.6) is 0 Å². The van der Waals surface area contributed by atoms with E-state index in [1.807, 2.05) is 6.92 Å². The zero-order chi connectivity index (χ0) is 4.41. The Labute approximate surface area is 36.4 Å². The molecule has 1 aliphatic heterocycles. The Morgan fingerprint density at radius 1 is 1.67 bits per heavy atom. The Morgan fingerprint density at radius 2 is 2.33 bits per heavy atom. The van der Waals surface area contributed by atoms with Crippen LogP contribution < -0.4 is 0 Å². The van der Waals surface area contributed by atoms with E-state index in [1.165, 1.54) is 5.23 Å². The molecule has 0 unspecified atom stereocenters. The smallest absolute Gasteiger partial charge is 0.192 e. The van der Waals surface area contributed by atoms with Gasteiger partial charge in [-0.05, 0) is 6.92 Å². The lowest BCUT2D eigenvalue weighted by molar-refractivity contribution is -0.517. The Balaban J connectivity index is 2.01. The van der Waals surface area contributed by atoms with Crippen molar-refractivity contribution in [3.8, 4) is 0 Å². The summed E-state index contributed by atoms with van der Waals surface area (Å²) in [6.07, 6.45) is 0. The molecule has 0 spiro atoms. The van der Waals surface area contributed by atoms with Crippen molar-refractivity contribution in [1.29, 1.82) is 0 Å². The van der Waals surface area contributed by atoms with Gasteiger partial charge < -0.3 is 0 Å². The molecule has 0 bridgehead atoms. The van der Waals surface area contributed by atoms with Crippen LogP contribution in [0.3, 0.4) is 0 Å². The standard InChI is InChI=1S/C3H7NO2/c1-2-4-5-3-6-4/h2-3H2,1H3. The van der Waals surface area contributed by atoms with Crippen molar-refractivity contribution >= 4 is 0 Å². The molecule has 1 heterocycles. The molecule has 3 heteroatoms. The van der Waals surface area contributed by atoms with Crippen LogP contribution in [-0.4, -0.2) is 18.6 Å². The van der Waals surface area contributed by atoms with Gasteiger partial charge in [-0.15, -0.1) is 0 Å². The lowest BCUT2D eigenvalue weighted by Gasteiger charge is -2.26. The van der Waals surface area contributed by atoms with Crippen LogP contribution in [0.15, 0.2) is 0 Å². The summed E-state index contributed by atoms with van der Waals surface area (Å²) in [5, 5.41) is 1.43. The number of hydrogen-bond acceptors (Lipinski definition) is 3. The van der Waals surface area contributed by atoms with Gasteiger partial charge in [0.15, 0.2) is 6.79 Å². The predicted octanol–water partition coefficient (Wildman–Crippen LogP) is 0.143. The van der Waals surface area contributed by atoms with Crippen molar-refractivity contribution in [3.63, 3.8) is 0 Å². The van der Waals surface area contributed by atoms with Gasteiger partial charge in [0, 0.05) is 6.54 Å². The first-order valence-corrected chi connectivity index (χ1v) is 1.97. The van der Waals surface area contributed by atoms with E-state index in [0.29, 0.717) is 6.79 Å². The van der Waals surface area contributed by atoms with Gasteiger partial charge in [0.2, 0.25) is 0 Å². The summed E-state index contributed by atoms with van der Waals surface area (Å²) in [5.41, 5.74) is 0. The third-order valence-corrected chi connectivity index (χ3v) is 0.652. The van der Waals surface area contributed by atoms with E-state index in [9.17, 15) is 0 Å². The highest BCUT2D eigenvalue weighted by Crippen LogP contribution is 2.00. The summed E-state index contributed by atoms with van der Waals surface area (Å²) >= 11 is 0. The quantitative estimate of drug-likeness (QED) is 0.456. The molecule has 0 aliphatic carbocycles. The molecule has 0 amide bonds. The first-order valence-electron chi connectivity index (χ1n) is 1.97. The van der Waals surface area contributed by atoms with Gasteiger partial charge >= 0.3 is 0 Å². The van der Waals surface area contributed by atoms with Gasteiger partial charge in [-0.3, -0.25) is 0 Å². The highest BCUT2D eigenvalue weighted by molar-refractivity contribution is 4.19. The highest BCUT2D eigenvalue weighted by atomic mass is 17.1. The van der Waals surface area contributed by atoms with E-state index < -0.39 is 0 Å². The maximum absolute atomic E-state index is 4.69. The van der Waals surface area contributed by atoms with E-state index in [2.05, 4.69) is 0 Å². The second kappa shape index (κ2) is 1.55. The van der Waals surface area contributed by atoms with Crippen LogP contribution in [0, 0.1) is 0 Å². The average molecular weight is 89.1 g/mol. The molecule has 0 aromatic heterocycles. The average Bonchev–Trinajstić information content (AvgIpc) is 1.31. The van der Waals surface area contributed by atoms with Gasteiger partial charge in [0.1, 0.15) is 0 Å². The molecule has 0 saturated carbocycles. The highest BCUT2D eigenvalue weighted by Gasteiger charge is 2.11. The molecule has 3 nitrogen and oxygen atoms in total. The predicted molar refractivity (Wildman–Crippen MR) is 19.4 cm³/mol. The minimum Gasteiger partial charge on any atom is -0.244 e. The van der Waals surface area contributed by atoms with E-state index in [4.69, 9.17) is 9.68 Å². The van der Waals surface area contributed by atoms with Crippen LogP contribution in [0.25, 0.3) is 0 Å². The Bertz CT molecular complexity index is 41.3. The fourth-order valence-electron chi connectivity index (χ4n) is 0.310. The van der Waals surface area contributed by atoms with E-state index in [-0.39, 0.29) is 0 Å². The molecule has 0 N–H and O–H groups in total. The van der Waals surface area contributed by atoms with Crippen molar-refractivity contribution in [2.24, 2.45) is 0 Å². The molecule has 0 atom stereocenters. The van der Waals surface area contributed by atoms with Gasteiger partial charge in [-0.1, -0.05) is 5.23 Å². The second-order valence-corrected chi connectivity index (χ2v) is 1.03. The maximum atomic E-state index is 4.69. The zero-order valence-corrected chi connectivity index (χ0v) is 3.68. The number of hydroxylamine groups is 2. The summed E-state index contributed by atoms with van der Waals surface area (Å²) in [7, 11) is 0. The molecule has 0 aromatic rings. The Kier molecular flexibility index (Phi) is 1.05. The van der Waals surface area contributed by atoms with Crippen LogP contribution in [0.1, 0.15) is 6.92 Å². The first kappa shape index (κ1) is 4.05. The molecule has 1 saturated heterocycles. The van der Waals surface area contributed by atoms with Crippen LogP contribution in [0.2, 0.25) is 0 Å². The van der Waals surface area contributed by atoms with Crippen LogP contribution >= 0.6 is 0 Å². The summed E-state index contributed by atoms with van der Waals surface area (Å²) in [6.45, 7) is 3.19. The van der Waals surface area contributed by atoms with E-state index >= 15 is 0 Å².